The van der Waals surface area contributed by atoms with Crippen LogP contribution < -0.4 is 0 Å². The summed E-state index contributed by atoms with van der Waals surface area (Å²) in [6, 6.07) is 73.4. The second-order valence-corrected chi connectivity index (χ2v) is 34.6. The van der Waals surface area contributed by atoms with Gasteiger partial charge >= 0.3 is 0 Å². The molecule has 0 spiro atoms. The fourth-order valence-electron chi connectivity index (χ4n) is 17.7. The lowest BCUT2D eigenvalue weighted by Gasteiger charge is -2.26. The van der Waals surface area contributed by atoms with Crippen LogP contribution in [-0.4, -0.2) is 0 Å². The molecule has 0 unspecified atom stereocenters. The molecule has 12 rings (SSSR count). The average molecular weight is 1520 g/mol. The molecule has 8 aromatic carbocycles. The van der Waals surface area contributed by atoms with Crippen molar-refractivity contribution in [3.05, 3.63) is 283 Å². The van der Waals surface area contributed by atoms with E-state index in [2.05, 4.69) is 297 Å². The molecule has 0 heterocycles. The van der Waals surface area contributed by atoms with Crippen molar-refractivity contribution in [2.75, 3.05) is 0 Å². The van der Waals surface area contributed by atoms with E-state index in [0.717, 1.165) is 49.4 Å². The maximum Gasteiger partial charge on any atom is 0.0245 e. The van der Waals surface area contributed by atoms with Gasteiger partial charge in [-0.3, -0.25) is 0 Å². The van der Waals surface area contributed by atoms with Crippen LogP contribution in [-0.2, 0) is 51.4 Å². The standard InChI is InChI=1S/C30H40.C29H38.C28H36.C27H34/c1-3-5-6-7-8-10-26-17-21-29(22-18-26)30-23-19-28(20-24-30)16-15-27-13-11-25(9-4-2)12-14-27;1-3-5-6-7-9-25-16-20-28(21-17-25)29-22-18-27(19-23-29)15-14-26-12-10-24(8-4-2)11-13-26;1-3-5-6-8-24-15-19-27(20-16-24)28-21-17-26(18-22-28)14-13-25-11-9-23(7-4-2)10-12-25;1-3-5-7-23-14-18-26(19-15-23)27-20-16-25(17-21-27)13-12-24-10-8-22(6-4-2)9-11-24/h11-14,17-18,21-22,28,30H,3-10,19-20,23-24H2,1-2H3;10-13,16-17,20-21,27,29H,3-9,18-19,22-23H2,1-2H3;9-12,15-16,19-20,26,28H,3-8,17-18,21-22H2,1-2H3;8-11,14-15,18-19,25,27H,3-7,16-17,20-21H2,1-2H3/t28-,30-;27-,29-;26-,28-;25-,27-. The monoisotopic (exact) mass is 1520 g/mol. The van der Waals surface area contributed by atoms with E-state index < -0.39 is 0 Å². The van der Waals surface area contributed by atoms with Crippen molar-refractivity contribution >= 4 is 0 Å². The molecule has 0 heteroatoms. The van der Waals surface area contributed by atoms with E-state index in [0.29, 0.717) is 23.7 Å². The van der Waals surface area contributed by atoms with Gasteiger partial charge in [-0.2, -0.15) is 0 Å². The van der Waals surface area contributed by atoms with Gasteiger partial charge in [0.15, 0.2) is 0 Å². The van der Waals surface area contributed by atoms with Crippen LogP contribution in [0.25, 0.3) is 0 Å². The summed E-state index contributed by atoms with van der Waals surface area (Å²) in [6.45, 7) is 18.0. The fraction of sp³-hybridized carbons (Fsp3) is 0.509. The molecule has 4 fully saturated rings. The number of hydrogen-bond donors (Lipinski definition) is 0. The molecule has 0 saturated heterocycles. The van der Waals surface area contributed by atoms with Crippen LogP contribution in [0.4, 0.5) is 0 Å². The summed E-state index contributed by atoms with van der Waals surface area (Å²) in [6.07, 6.45) is 53.3. The highest BCUT2D eigenvalue weighted by Gasteiger charge is 2.25. The first kappa shape index (κ1) is 89.9. The third-order valence-electron chi connectivity index (χ3n) is 25.1. The summed E-state index contributed by atoms with van der Waals surface area (Å²) in [7, 11) is 0. The zero-order valence-corrected chi connectivity index (χ0v) is 72.8. The van der Waals surface area contributed by atoms with Gasteiger partial charge in [0.05, 0.1) is 0 Å². The van der Waals surface area contributed by atoms with E-state index in [1.165, 1.54) is 322 Å². The topological polar surface area (TPSA) is 0 Å². The van der Waals surface area contributed by atoms with Gasteiger partial charge in [0.25, 0.3) is 0 Å². The predicted molar refractivity (Wildman–Crippen MR) is 496 cm³/mol. The molecular formula is C114H148. The Balaban J connectivity index is 0.000000174. The second-order valence-electron chi connectivity index (χ2n) is 34.6. The lowest BCUT2D eigenvalue weighted by atomic mass is 9.78. The van der Waals surface area contributed by atoms with E-state index in [1.807, 2.05) is 0 Å². The van der Waals surface area contributed by atoms with Crippen molar-refractivity contribution in [3.8, 4) is 47.4 Å². The molecule has 0 amide bonds. The maximum absolute atomic E-state index is 3.56. The number of aryl methyl sites for hydroxylation is 8. The third kappa shape index (κ3) is 33.3. The molecule has 8 aromatic rings. The molecule has 0 radical (unpaired) electrons. The number of benzene rings is 8. The van der Waals surface area contributed by atoms with Crippen molar-refractivity contribution in [2.24, 2.45) is 23.7 Å². The van der Waals surface area contributed by atoms with E-state index in [-0.39, 0.29) is 0 Å². The van der Waals surface area contributed by atoms with Crippen LogP contribution in [0, 0.1) is 71.0 Å². The van der Waals surface area contributed by atoms with Gasteiger partial charge in [-0.25, -0.2) is 0 Å². The quantitative estimate of drug-likeness (QED) is 0.0311. The molecule has 0 N–H and O–H groups in total. The summed E-state index contributed by atoms with van der Waals surface area (Å²) in [5, 5.41) is 0. The van der Waals surface area contributed by atoms with E-state index in [1.54, 1.807) is 11.1 Å². The fourth-order valence-corrected chi connectivity index (χ4v) is 17.7. The van der Waals surface area contributed by atoms with Crippen molar-refractivity contribution in [3.63, 3.8) is 0 Å². The van der Waals surface area contributed by atoms with Crippen LogP contribution in [0.15, 0.2) is 194 Å². The van der Waals surface area contributed by atoms with Gasteiger partial charge in [-0.15, -0.1) is 0 Å². The van der Waals surface area contributed by atoms with E-state index >= 15 is 0 Å². The molecule has 0 atom stereocenters. The van der Waals surface area contributed by atoms with Gasteiger partial charge in [0.2, 0.25) is 0 Å². The number of unbranched alkanes of at least 4 members (excludes halogenated alkanes) is 10. The van der Waals surface area contributed by atoms with Crippen LogP contribution in [0.5, 0.6) is 0 Å². The summed E-state index contributed by atoms with van der Waals surface area (Å²) >= 11 is 0. The van der Waals surface area contributed by atoms with Crippen molar-refractivity contribution in [2.45, 2.75) is 349 Å². The lowest BCUT2D eigenvalue weighted by Crippen LogP contribution is -2.12. The Morgan fingerprint density at radius 3 is 0.570 bits per heavy atom. The van der Waals surface area contributed by atoms with Crippen LogP contribution in [0.1, 0.15) is 386 Å². The minimum Gasteiger partial charge on any atom is -0.0945 e. The molecule has 604 valence electrons. The smallest absolute Gasteiger partial charge is 0.0245 e. The Bertz CT molecular complexity index is 4120. The van der Waals surface area contributed by atoms with Crippen LogP contribution in [0.3, 0.4) is 0 Å². The van der Waals surface area contributed by atoms with Gasteiger partial charge in [0.1, 0.15) is 0 Å². The molecule has 0 nitrogen and oxygen atoms in total. The largest absolute Gasteiger partial charge is 0.0945 e. The predicted octanol–water partition coefficient (Wildman–Crippen LogP) is 31.6. The van der Waals surface area contributed by atoms with Crippen molar-refractivity contribution in [1.29, 1.82) is 0 Å². The Labute approximate surface area is 698 Å². The number of rotatable bonds is 30. The Kier molecular flexibility index (Phi) is 42.0. The van der Waals surface area contributed by atoms with Crippen LogP contribution in [0.2, 0.25) is 0 Å². The first-order valence-corrected chi connectivity index (χ1v) is 46.9. The Morgan fingerprint density at radius 2 is 0.351 bits per heavy atom. The Hall–Kier alpha value is -8.00. The highest BCUT2D eigenvalue weighted by atomic mass is 14.3. The summed E-state index contributed by atoms with van der Waals surface area (Å²) < 4.78 is 0. The van der Waals surface area contributed by atoms with Crippen LogP contribution >= 0.6 is 0 Å². The summed E-state index contributed by atoms with van der Waals surface area (Å²) in [5.74, 6) is 33.1. The lowest BCUT2D eigenvalue weighted by molar-refractivity contribution is 0.384. The molecular weight excluding hydrogens is 1370 g/mol. The first-order valence-electron chi connectivity index (χ1n) is 46.9. The summed E-state index contributed by atoms with van der Waals surface area (Å²) in [4.78, 5) is 0. The van der Waals surface area contributed by atoms with Crippen molar-refractivity contribution < 1.29 is 0 Å². The van der Waals surface area contributed by atoms with Gasteiger partial charge in [-0.1, -0.05) is 338 Å². The minimum absolute atomic E-state index is 0.568. The normalized spacial score (nSPS) is 18.9. The molecule has 4 aliphatic rings. The number of hydrogen-bond acceptors (Lipinski definition) is 0. The highest BCUT2D eigenvalue weighted by Crippen LogP contribution is 2.40. The minimum atomic E-state index is 0.568. The summed E-state index contributed by atoms with van der Waals surface area (Å²) in [5.41, 5.74) is 22.5. The molecule has 4 aliphatic carbocycles. The third-order valence-corrected chi connectivity index (χ3v) is 25.1. The van der Waals surface area contributed by atoms with Gasteiger partial charge < -0.3 is 0 Å². The first-order chi connectivity index (χ1) is 56.1. The SMILES string of the molecule is CCCCCCCc1ccc([C@H]2CC[C@H](C#Cc3ccc(CCC)cc3)CC2)cc1.CCCCCCc1ccc([C@H]2CC[C@H](C#Cc3ccc(CCC)cc3)CC2)cc1.CCCCCc1ccc([C@H]2CC[C@H](C#Cc3ccc(CCC)cc3)CC2)cc1.CCCCc1ccc([C@H]2CC[C@H](C#Cc3ccc(CCC)cc3)CC2)cc1. The van der Waals surface area contributed by atoms with E-state index in [4.69, 9.17) is 0 Å². The zero-order valence-electron chi connectivity index (χ0n) is 72.8. The van der Waals surface area contributed by atoms with Gasteiger partial charge in [0, 0.05) is 45.9 Å². The van der Waals surface area contributed by atoms with Crippen molar-refractivity contribution in [1.82, 2.24) is 0 Å². The van der Waals surface area contributed by atoms with E-state index in [9.17, 15) is 0 Å². The highest BCUT2D eigenvalue weighted by molar-refractivity contribution is 5.41. The van der Waals surface area contributed by atoms with Gasteiger partial charge in [-0.05, 0) is 319 Å². The molecule has 4 saturated carbocycles. The zero-order chi connectivity index (χ0) is 79.8. The maximum atomic E-state index is 3.56. The second kappa shape index (κ2) is 53.3. The molecule has 0 aliphatic heterocycles. The molecule has 0 bridgehead atoms. The Morgan fingerprint density at radius 1 is 0.175 bits per heavy atom. The average Bonchev–Trinajstić information content (AvgIpc) is 0.863. The molecule has 0 aromatic heterocycles. The molecule has 114 heavy (non-hydrogen) atoms.